The molecular formula is C17H20BN3O. The molecule has 3 aromatic rings. The predicted molar refractivity (Wildman–Crippen MR) is 92.5 cm³/mol. The third-order valence-corrected chi connectivity index (χ3v) is 2.68. The Morgan fingerprint density at radius 1 is 0.955 bits per heavy atom. The van der Waals surface area contributed by atoms with Gasteiger partial charge in [0.15, 0.2) is 0 Å². The number of aromatic hydroxyl groups is 1. The highest BCUT2D eigenvalue weighted by atomic mass is 16.3. The highest BCUT2D eigenvalue weighted by molar-refractivity contribution is 6.30. The normalized spacial score (nSPS) is 9.27. The quantitative estimate of drug-likeness (QED) is 0.700. The van der Waals surface area contributed by atoms with Gasteiger partial charge in [-0.2, -0.15) is 10.2 Å². The fraction of sp³-hybridized carbons (Fsp3) is 0.235. The molecule has 0 unspecified atom stereocenters. The van der Waals surface area contributed by atoms with Crippen LogP contribution in [0.25, 0.3) is 22.2 Å². The minimum Gasteiger partial charge on any atom is -0.507 e. The number of aromatic nitrogens is 3. The van der Waals surface area contributed by atoms with Crippen LogP contribution in [0, 0.1) is 0 Å². The Hall–Kier alpha value is -2.43. The smallest absolute Gasteiger partial charge is 0.144 e. The predicted octanol–water partition coefficient (Wildman–Crippen LogP) is 3.24. The molecule has 5 heteroatoms. The highest BCUT2D eigenvalue weighted by Gasteiger charge is 2.08. The van der Waals surface area contributed by atoms with E-state index in [1.165, 1.54) is 0 Å². The number of pyridine rings is 1. The van der Waals surface area contributed by atoms with Crippen LogP contribution < -0.4 is 5.59 Å². The minimum absolute atomic E-state index is 0.125. The number of phenolic OH excluding ortho intramolecular Hbond substituents is 1. The topological polar surface area (TPSA) is 58.9 Å². The molecule has 0 aliphatic rings. The van der Waals surface area contributed by atoms with Crippen molar-refractivity contribution >= 4 is 24.3 Å². The lowest BCUT2D eigenvalue weighted by Gasteiger charge is -2.05. The van der Waals surface area contributed by atoms with Crippen molar-refractivity contribution in [2.75, 3.05) is 0 Å². The van der Waals surface area contributed by atoms with Crippen molar-refractivity contribution in [1.29, 1.82) is 0 Å². The molecule has 3 rings (SSSR count). The van der Waals surface area contributed by atoms with Crippen LogP contribution in [-0.4, -0.2) is 28.1 Å². The molecule has 0 amide bonds. The Labute approximate surface area is 132 Å². The molecule has 4 nitrogen and oxygen atoms in total. The van der Waals surface area contributed by atoms with Crippen molar-refractivity contribution in [3.05, 3.63) is 42.6 Å². The van der Waals surface area contributed by atoms with Crippen LogP contribution in [0.15, 0.2) is 42.6 Å². The molecular weight excluding hydrogens is 273 g/mol. The fourth-order valence-electron chi connectivity index (χ4n) is 1.80. The van der Waals surface area contributed by atoms with E-state index in [1.807, 2.05) is 45.9 Å². The lowest BCUT2D eigenvalue weighted by Crippen LogP contribution is -2.09. The van der Waals surface area contributed by atoms with Gasteiger partial charge in [-0.05, 0) is 24.3 Å². The minimum atomic E-state index is 0.125. The summed E-state index contributed by atoms with van der Waals surface area (Å²) in [6.07, 6.45) is 1.68. The zero-order valence-corrected chi connectivity index (χ0v) is 13.4. The maximum Gasteiger partial charge on any atom is 0.144 e. The fourth-order valence-corrected chi connectivity index (χ4v) is 1.80. The first-order valence-electron chi connectivity index (χ1n) is 7.41. The van der Waals surface area contributed by atoms with Gasteiger partial charge in [0.2, 0.25) is 0 Å². The second-order valence-electron chi connectivity index (χ2n) is 3.91. The summed E-state index contributed by atoms with van der Waals surface area (Å²) < 4.78 is 0. The number of rotatable bonds is 1. The van der Waals surface area contributed by atoms with Gasteiger partial charge in [-0.15, -0.1) is 0 Å². The van der Waals surface area contributed by atoms with Gasteiger partial charge in [0.05, 0.1) is 11.2 Å². The number of nitrogens with zero attached hydrogens (tertiary/aromatic N) is 3. The number of hydrogen-bond donors (Lipinski definition) is 1. The Morgan fingerprint density at radius 2 is 1.68 bits per heavy atom. The molecule has 0 saturated carbocycles. The van der Waals surface area contributed by atoms with Gasteiger partial charge in [0.1, 0.15) is 13.6 Å². The third-order valence-electron chi connectivity index (χ3n) is 2.68. The van der Waals surface area contributed by atoms with E-state index in [0.29, 0.717) is 16.9 Å². The summed E-state index contributed by atoms with van der Waals surface area (Å²) in [6.45, 7) is 8.00. The van der Waals surface area contributed by atoms with Gasteiger partial charge in [0, 0.05) is 28.8 Å². The van der Waals surface area contributed by atoms with Crippen LogP contribution in [0.3, 0.4) is 0 Å². The van der Waals surface area contributed by atoms with Crippen molar-refractivity contribution in [1.82, 2.24) is 15.2 Å². The first-order valence-corrected chi connectivity index (χ1v) is 7.41. The molecule has 2 aromatic heterocycles. The first kappa shape index (κ1) is 17.6. The van der Waals surface area contributed by atoms with Gasteiger partial charge in [-0.1, -0.05) is 33.8 Å². The van der Waals surface area contributed by atoms with Crippen LogP contribution >= 0.6 is 0 Å². The molecule has 0 aliphatic heterocycles. The van der Waals surface area contributed by atoms with E-state index >= 15 is 0 Å². The van der Waals surface area contributed by atoms with Crippen LogP contribution in [0.2, 0.25) is 0 Å². The molecule has 2 radical (unpaired) electrons. The van der Waals surface area contributed by atoms with E-state index in [1.54, 1.807) is 24.4 Å². The summed E-state index contributed by atoms with van der Waals surface area (Å²) in [7, 11) is 5.49. The van der Waals surface area contributed by atoms with E-state index < -0.39 is 0 Å². The van der Waals surface area contributed by atoms with Crippen molar-refractivity contribution in [3.8, 4) is 17.0 Å². The monoisotopic (exact) mass is 293 g/mol. The summed E-state index contributed by atoms with van der Waals surface area (Å²) in [5.74, 6) is 0.125. The first-order chi connectivity index (χ1) is 10.7. The summed E-state index contributed by atoms with van der Waals surface area (Å²) >= 11 is 0. The van der Waals surface area contributed by atoms with E-state index in [0.717, 1.165) is 10.9 Å². The molecule has 0 bridgehead atoms. The van der Waals surface area contributed by atoms with Crippen molar-refractivity contribution in [2.45, 2.75) is 27.7 Å². The maximum atomic E-state index is 9.99. The average molecular weight is 293 g/mol. The lowest BCUT2D eigenvalue weighted by molar-refractivity contribution is 0.477. The van der Waals surface area contributed by atoms with Crippen molar-refractivity contribution < 1.29 is 5.11 Å². The lowest BCUT2D eigenvalue weighted by atomic mass is 10.0. The van der Waals surface area contributed by atoms with Gasteiger partial charge in [-0.25, -0.2) is 0 Å². The number of benzene rings is 1. The molecule has 0 aliphatic carbocycles. The van der Waals surface area contributed by atoms with Gasteiger partial charge in [0.25, 0.3) is 0 Å². The van der Waals surface area contributed by atoms with E-state index in [9.17, 15) is 5.11 Å². The zero-order valence-electron chi connectivity index (χ0n) is 13.4. The zero-order chi connectivity index (χ0) is 16.5. The molecule has 2 heterocycles. The molecule has 1 N–H and O–H groups in total. The summed E-state index contributed by atoms with van der Waals surface area (Å²) in [5.41, 5.74) is 2.28. The molecule has 22 heavy (non-hydrogen) atoms. The standard InChI is InChI=1S/C13H8BN3O.2C2H6/c14-13-4-3-10(16-17-13)9-6-8-2-1-5-15-11(8)7-12(9)18;2*1-2/h1-7,18H;2*1-2H3. The average Bonchev–Trinajstić information content (AvgIpc) is 2.59. The van der Waals surface area contributed by atoms with Crippen molar-refractivity contribution in [2.24, 2.45) is 0 Å². The van der Waals surface area contributed by atoms with E-state index in [2.05, 4.69) is 15.2 Å². The van der Waals surface area contributed by atoms with Crippen LogP contribution in [0.5, 0.6) is 5.75 Å². The van der Waals surface area contributed by atoms with Gasteiger partial charge >= 0.3 is 0 Å². The number of fused-ring (bicyclic) bond motifs is 1. The van der Waals surface area contributed by atoms with Crippen molar-refractivity contribution in [3.63, 3.8) is 0 Å². The third kappa shape index (κ3) is 4.04. The molecule has 0 fully saturated rings. The largest absolute Gasteiger partial charge is 0.507 e. The Kier molecular flexibility index (Phi) is 7.03. The molecule has 0 saturated heterocycles. The van der Waals surface area contributed by atoms with E-state index in [-0.39, 0.29) is 5.75 Å². The maximum absolute atomic E-state index is 9.99. The summed E-state index contributed by atoms with van der Waals surface area (Å²) in [5, 5.41) is 18.7. The molecule has 1 aromatic carbocycles. The number of hydrogen-bond acceptors (Lipinski definition) is 4. The molecule has 0 atom stereocenters. The Balaban J connectivity index is 0.000000561. The Morgan fingerprint density at radius 3 is 2.32 bits per heavy atom. The molecule has 112 valence electrons. The SMILES string of the molecule is CC.CC.[B]c1ccc(-c2cc3cccnc3cc2O)nn1. The van der Waals surface area contributed by atoms with Gasteiger partial charge in [-0.3, -0.25) is 4.98 Å². The van der Waals surface area contributed by atoms with Gasteiger partial charge < -0.3 is 5.11 Å². The Bertz CT molecular complexity index is 715. The summed E-state index contributed by atoms with van der Waals surface area (Å²) in [6, 6.07) is 10.6. The van der Waals surface area contributed by atoms with Crippen LogP contribution in [0.4, 0.5) is 0 Å². The van der Waals surface area contributed by atoms with Crippen LogP contribution in [-0.2, 0) is 0 Å². The second kappa shape index (κ2) is 8.77. The molecule has 0 spiro atoms. The second-order valence-corrected chi connectivity index (χ2v) is 3.91. The van der Waals surface area contributed by atoms with Crippen LogP contribution in [0.1, 0.15) is 27.7 Å². The summed E-state index contributed by atoms with van der Waals surface area (Å²) in [4.78, 5) is 4.17. The highest BCUT2D eigenvalue weighted by Crippen LogP contribution is 2.30. The number of phenols is 1. The van der Waals surface area contributed by atoms with E-state index in [4.69, 9.17) is 7.85 Å².